The van der Waals surface area contributed by atoms with Crippen LogP contribution >= 0.6 is 11.6 Å². The highest BCUT2D eigenvalue weighted by atomic mass is 35.5. The van der Waals surface area contributed by atoms with Gasteiger partial charge in [0.15, 0.2) is 0 Å². The van der Waals surface area contributed by atoms with E-state index in [-0.39, 0.29) is 0 Å². The number of halogens is 1. The number of hydrogen-bond acceptors (Lipinski definition) is 2. The van der Waals surface area contributed by atoms with Crippen LogP contribution < -0.4 is 5.32 Å². The van der Waals surface area contributed by atoms with Crippen molar-refractivity contribution in [2.45, 2.75) is 32.7 Å². The molecule has 0 aliphatic rings. The van der Waals surface area contributed by atoms with E-state index in [1.165, 1.54) is 12.8 Å². The second-order valence-corrected chi connectivity index (χ2v) is 3.92. The minimum absolute atomic E-state index is 0.297. The molecule has 0 radical (unpaired) electrons. The molecule has 80 valence electrons. The first-order valence-electron chi connectivity index (χ1n) is 5.02. The van der Waals surface area contributed by atoms with Crippen LogP contribution in [0.2, 0.25) is 0 Å². The van der Waals surface area contributed by atoms with Gasteiger partial charge in [-0.3, -0.25) is 0 Å². The molecule has 0 rings (SSSR count). The van der Waals surface area contributed by atoms with Crippen molar-refractivity contribution in [1.29, 1.82) is 0 Å². The van der Waals surface area contributed by atoms with E-state index in [2.05, 4.69) is 19.2 Å². The molecule has 0 fully saturated rings. The van der Waals surface area contributed by atoms with Crippen molar-refractivity contribution < 1.29 is 4.74 Å². The summed E-state index contributed by atoms with van der Waals surface area (Å²) in [5.41, 5.74) is 0. The smallest absolute Gasteiger partial charge is 0.0627 e. The second-order valence-electron chi connectivity index (χ2n) is 3.61. The van der Waals surface area contributed by atoms with Crippen molar-refractivity contribution in [3.8, 4) is 0 Å². The highest BCUT2D eigenvalue weighted by Crippen LogP contribution is 2.03. The summed E-state index contributed by atoms with van der Waals surface area (Å²) in [4.78, 5) is 0. The van der Waals surface area contributed by atoms with E-state index in [9.17, 15) is 0 Å². The van der Waals surface area contributed by atoms with Gasteiger partial charge in [0.25, 0.3) is 0 Å². The molecule has 2 nitrogen and oxygen atoms in total. The zero-order chi connectivity index (χ0) is 10.1. The monoisotopic (exact) mass is 207 g/mol. The Hall–Kier alpha value is 0.210. The predicted octanol–water partition coefficient (Wildman–Crippen LogP) is 2.27. The average molecular weight is 208 g/mol. The minimum Gasteiger partial charge on any atom is -0.383 e. The quantitative estimate of drug-likeness (QED) is 0.617. The Morgan fingerprint density at radius 3 is 2.62 bits per heavy atom. The maximum absolute atomic E-state index is 5.76. The lowest BCUT2D eigenvalue weighted by Gasteiger charge is -2.18. The Balaban J connectivity index is 3.46. The summed E-state index contributed by atoms with van der Waals surface area (Å²) < 4.78 is 5.04. The molecule has 0 aromatic rings. The third-order valence-corrected chi connectivity index (χ3v) is 2.46. The molecule has 0 aromatic heterocycles. The lowest BCUT2D eigenvalue weighted by molar-refractivity contribution is 0.171. The lowest BCUT2D eigenvalue weighted by atomic mass is 10.1. The number of methoxy groups -OCH3 is 1. The zero-order valence-corrected chi connectivity index (χ0v) is 9.73. The van der Waals surface area contributed by atoms with Gasteiger partial charge in [0.1, 0.15) is 0 Å². The molecule has 0 aliphatic heterocycles. The Labute approximate surface area is 87.0 Å². The van der Waals surface area contributed by atoms with E-state index in [1.54, 1.807) is 7.11 Å². The van der Waals surface area contributed by atoms with Crippen LogP contribution in [-0.4, -0.2) is 32.2 Å². The van der Waals surface area contributed by atoms with E-state index >= 15 is 0 Å². The first kappa shape index (κ1) is 13.2. The molecule has 0 aliphatic carbocycles. The Morgan fingerprint density at radius 1 is 1.46 bits per heavy atom. The molecule has 0 aromatic carbocycles. The van der Waals surface area contributed by atoms with Gasteiger partial charge in [-0.05, 0) is 18.9 Å². The third-order valence-electron chi connectivity index (χ3n) is 2.09. The largest absolute Gasteiger partial charge is 0.383 e. The van der Waals surface area contributed by atoms with Gasteiger partial charge in [0, 0.05) is 19.0 Å². The highest BCUT2D eigenvalue weighted by Gasteiger charge is 2.07. The van der Waals surface area contributed by atoms with Gasteiger partial charge in [-0.2, -0.15) is 0 Å². The molecular formula is C10H22ClNO. The van der Waals surface area contributed by atoms with Crippen LogP contribution in [-0.2, 0) is 4.74 Å². The van der Waals surface area contributed by atoms with Gasteiger partial charge < -0.3 is 10.1 Å². The summed E-state index contributed by atoms with van der Waals surface area (Å²) in [6.07, 6.45) is 2.52. The van der Waals surface area contributed by atoms with Gasteiger partial charge in [-0.25, -0.2) is 0 Å². The van der Waals surface area contributed by atoms with Crippen molar-refractivity contribution in [1.82, 2.24) is 5.32 Å². The fourth-order valence-electron chi connectivity index (χ4n) is 1.32. The maximum Gasteiger partial charge on any atom is 0.0627 e. The lowest BCUT2D eigenvalue weighted by Crippen LogP contribution is -2.37. The van der Waals surface area contributed by atoms with E-state index in [0.717, 1.165) is 12.5 Å². The van der Waals surface area contributed by atoms with Gasteiger partial charge >= 0.3 is 0 Å². The summed E-state index contributed by atoms with van der Waals surface area (Å²) >= 11 is 5.76. The van der Waals surface area contributed by atoms with E-state index in [1.807, 2.05) is 0 Å². The summed E-state index contributed by atoms with van der Waals surface area (Å²) in [6.45, 7) is 6.20. The molecule has 13 heavy (non-hydrogen) atoms. The molecule has 2 atom stereocenters. The number of nitrogens with one attached hydrogen (secondary N) is 1. The highest BCUT2D eigenvalue weighted by molar-refractivity contribution is 6.18. The summed E-state index contributed by atoms with van der Waals surface area (Å²) in [6, 6.07) is 0.297. The van der Waals surface area contributed by atoms with Gasteiger partial charge in [-0.15, -0.1) is 11.6 Å². The Morgan fingerprint density at radius 2 is 2.15 bits per heavy atom. The number of alkyl halides is 1. The summed E-state index contributed by atoms with van der Waals surface area (Å²) in [5, 5.41) is 3.40. The normalized spacial score (nSPS) is 15.7. The number of ether oxygens (including phenoxy) is 1. The van der Waals surface area contributed by atoms with Gasteiger partial charge in [-0.1, -0.05) is 20.3 Å². The predicted molar refractivity (Wildman–Crippen MR) is 58.5 cm³/mol. The van der Waals surface area contributed by atoms with Crippen molar-refractivity contribution in [3.05, 3.63) is 0 Å². The van der Waals surface area contributed by atoms with E-state index in [4.69, 9.17) is 16.3 Å². The SMILES string of the molecule is CCCC(C)CNC(CCl)COC. The topological polar surface area (TPSA) is 21.3 Å². The molecule has 0 spiro atoms. The van der Waals surface area contributed by atoms with Crippen molar-refractivity contribution in [3.63, 3.8) is 0 Å². The molecule has 0 heterocycles. The molecule has 0 saturated carbocycles. The standard InChI is InChI=1S/C10H22ClNO/c1-4-5-9(2)7-12-10(6-11)8-13-3/h9-10,12H,4-8H2,1-3H3. The summed E-state index contributed by atoms with van der Waals surface area (Å²) in [5.74, 6) is 1.35. The molecule has 2 unspecified atom stereocenters. The minimum atomic E-state index is 0.297. The van der Waals surface area contributed by atoms with Crippen molar-refractivity contribution >= 4 is 11.6 Å². The average Bonchev–Trinajstić information content (AvgIpc) is 2.12. The third kappa shape index (κ3) is 7.29. The zero-order valence-electron chi connectivity index (χ0n) is 8.98. The van der Waals surface area contributed by atoms with Crippen LogP contribution in [0, 0.1) is 5.92 Å². The van der Waals surface area contributed by atoms with E-state index < -0.39 is 0 Å². The van der Waals surface area contributed by atoms with Crippen LogP contribution in [0.1, 0.15) is 26.7 Å². The van der Waals surface area contributed by atoms with Crippen molar-refractivity contribution in [2.24, 2.45) is 5.92 Å². The second kappa shape index (κ2) is 8.79. The van der Waals surface area contributed by atoms with Crippen LogP contribution in [0.25, 0.3) is 0 Å². The van der Waals surface area contributed by atoms with Gasteiger partial charge in [0.05, 0.1) is 6.61 Å². The molecule has 3 heteroatoms. The first-order valence-corrected chi connectivity index (χ1v) is 5.56. The number of rotatable bonds is 8. The molecule has 0 bridgehead atoms. The Kier molecular flexibility index (Phi) is 8.93. The summed E-state index contributed by atoms with van der Waals surface area (Å²) in [7, 11) is 1.71. The van der Waals surface area contributed by atoms with Crippen LogP contribution in [0.3, 0.4) is 0 Å². The fraction of sp³-hybridized carbons (Fsp3) is 1.00. The van der Waals surface area contributed by atoms with Crippen LogP contribution in [0.5, 0.6) is 0 Å². The van der Waals surface area contributed by atoms with Crippen LogP contribution in [0.4, 0.5) is 0 Å². The maximum atomic E-state index is 5.76. The molecule has 0 amide bonds. The molecular weight excluding hydrogens is 186 g/mol. The van der Waals surface area contributed by atoms with E-state index in [0.29, 0.717) is 18.5 Å². The Bertz CT molecular complexity index is 111. The fourth-order valence-corrected chi connectivity index (χ4v) is 1.52. The van der Waals surface area contributed by atoms with Crippen LogP contribution in [0.15, 0.2) is 0 Å². The van der Waals surface area contributed by atoms with Gasteiger partial charge in [0.2, 0.25) is 0 Å². The number of hydrogen-bond donors (Lipinski definition) is 1. The molecule has 1 N–H and O–H groups in total. The molecule has 0 saturated heterocycles. The first-order chi connectivity index (χ1) is 6.24. The van der Waals surface area contributed by atoms with Crippen molar-refractivity contribution in [2.75, 3.05) is 26.1 Å².